The molecule has 5 N–H and O–H groups in total. The summed E-state index contributed by atoms with van der Waals surface area (Å²) in [7, 11) is -3.80. The Kier molecular flexibility index (Phi) is 5.15. The molecule has 0 aromatic carbocycles. The third kappa shape index (κ3) is 5.07. The van der Waals surface area contributed by atoms with E-state index in [1.165, 1.54) is 0 Å². The first-order valence-electron chi connectivity index (χ1n) is 4.44. The topological polar surface area (TPSA) is 127 Å². The van der Waals surface area contributed by atoms with Crippen LogP contribution in [0.1, 0.15) is 20.3 Å². The molecule has 1 atom stereocenters. The number of carboxylic acids is 1. The second-order valence-corrected chi connectivity index (χ2v) is 4.98. The number of rotatable bonds is 6. The Morgan fingerprint density at radius 2 is 1.93 bits per heavy atom. The summed E-state index contributed by atoms with van der Waals surface area (Å²) in [5.74, 6) is -1.16. The maximum absolute atomic E-state index is 11.1. The van der Waals surface area contributed by atoms with E-state index in [1.807, 2.05) is 0 Å². The molecule has 0 rings (SSSR count). The minimum absolute atomic E-state index is 0.00394. The highest BCUT2D eigenvalue weighted by molar-refractivity contribution is 7.86. The molecular weight excluding hydrogens is 222 g/mol. The molecule has 0 bridgehead atoms. The van der Waals surface area contributed by atoms with Crippen molar-refractivity contribution in [2.75, 3.05) is 6.54 Å². The Balaban J connectivity index is 4.40. The predicted molar refractivity (Wildman–Crippen MR) is 55.2 cm³/mol. The minimum atomic E-state index is -3.80. The van der Waals surface area contributed by atoms with Crippen LogP contribution < -0.4 is 10.9 Å². The van der Waals surface area contributed by atoms with E-state index >= 15 is 0 Å². The number of nitrogens with two attached hydrogens (primary N) is 2. The van der Waals surface area contributed by atoms with Gasteiger partial charge < -0.3 is 10.8 Å². The van der Waals surface area contributed by atoms with E-state index in [0.717, 1.165) is 4.31 Å². The van der Waals surface area contributed by atoms with Crippen molar-refractivity contribution in [2.45, 2.75) is 32.4 Å². The summed E-state index contributed by atoms with van der Waals surface area (Å²) in [6, 6.07) is -1.39. The van der Waals surface area contributed by atoms with E-state index < -0.39 is 22.2 Å². The van der Waals surface area contributed by atoms with E-state index in [2.05, 4.69) is 0 Å². The quantitative estimate of drug-likeness (QED) is 0.531. The first-order chi connectivity index (χ1) is 6.66. The predicted octanol–water partition coefficient (Wildman–Crippen LogP) is -1.30. The van der Waals surface area contributed by atoms with Crippen LogP contribution in [0, 0.1) is 0 Å². The fourth-order valence-corrected chi connectivity index (χ4v) is 2.02. The molecule has 0 aliphatic carbocycles. The highest BCUT2D eigenvalue weighted by atomic mass is 32.2. The maximum atomic E-state index is 11.1. The molecule has 0 saturated heterocycles. The van der Waals surface area contributed by atoms with Gasteiger partial charge in [0.15, 0.2) is 0 Å². The summed E-state index contributed by atoms with van der Waals surface area (Å²) < 4.78 is 23.2. The molecule has 15 heavy (non-hydrogen) atoms. The standard InChI is InChI=1S/C7H17N3O4S/c1-5(2)10(15(9,13)14)4-3-6(8)7(11)12/h5-6H,3-4,8H2,1-2H3,(H,11,12)(H2,9,13,14)/t6-/m0/s1. The van der Waals surface area contributed by atoms with Crippen LogP contribution in [0.4, 0.5) is 0 Å². The van der Waals surface area contributed by atoms with Gasteiger partial charge >= 0.3 is 5.97 Å². The van der Waals surface area contributed by atoms with Gasteiger partial charge in [-0.05, 0) is 20.3 Å². The molecule has 0 unspecified atom stereocenters. The van der Waals surface area contributed by atoms with Gasteiger partial charge in [0.25, 0.3) is 10.2 Å². The number of hydrogen-bond acceptors (Lipinski definition) is 4. The molecule has 0 heterocycles. The smallest absolute Gasteiger partial charge is 0.320 e. The molecular formula is C7H17N3O4S. The lowest BCUT2D eigenvalue weighted by molar-refractivity contribution is -0.138. The van der Waals surface area contributed by atoms with Crippen LogP contribution in [-0.4, -0.2) is 42.4 Å². The van der Waals surface area contributed by atoms with Crippen molar-refractivity contribution in [1.29, 1.82) is 0 Å². The second-order valence-electron chi connectivity index (χ2n) is 3.48. The van der Waals surface area contributed by atoms with Crippen LogP contribution >= 0.6 is 0 Å². The molecule has 90 valence electrons. The average molecular weight is 239 g/mol. The summed E-state index contributed by atoms with van der Waals surface area (Å²) in [5, 5.41) is 13.5. The number of carboxylic acid groups (broad SMARTS) is 1. The number of nitrogens with zero attached hydrogens (tertiary/aromatic N) is 1. The highest BCUT2D eigenvalue weighted by Crippen LogP contribution is 2.04. The molecule has 0 saturated carbocycles. The molecule has 0 aromatic rings. The molecule has 7 nitrogen and oxygen atoms in total. The minimum Gasteiger partial charge on any atom is -0.480 e. The van der Waals surface area contributed by atoms with Gasteiger partial charge in [-0.3, -0.25) is 4.79 Å². The fraction of sp³-hybridized carbons (Fsp3) is 0.857. The molecule has 0 aliphatic rings. The van der Waals surface area contributed by atoms with E-state index in [0.29, 0.717) is 0 Å². The van der Waals surface area contributed by atoms with Gasteiger partial charge in [-0.1, -0.05) is 0 Å². The highest BCUT2D eigenvalue weighted by Gasteiger charge is 2.22. The van der Waals surface area contributed by atoms with Crippen LogP contribution in [-0.2, 0) is 15.0 Å². The van der Waals surface area contributed by atoms with Gasteiger partial charge in [0.1, 0.15) is 6.04 Å². The van der Waals surface area contributed by atoms with Crippen LogP contribution in [0.25, 0.3) is 0 Å². The normalized spacial score (nSPS) is 14.5. The van der Waals surface area contributed by atoms with E-state index in [1.54, 1.807) is 13.8 Å². The number of hydrogen-bond donors (Lipinski definition) is 3. The lowest BCUT2D eigenvalue weighted by Gasteiger charge is -2.23. The molecule has 0 amide bonds. The van der Waals surface area contributed by atoms with Crippen molar-refractivity contribution in [3.63, 3.8) is 0 Å². The Morgan fingerprint density at radius 1 is 1.47 bits per heavy atom. The molecule has 0 fully saturated rings. The average Bonchev–Trinajstić information content (AvgIpc) is 2.00. The molecule has 0 radical (unpaired) electrons. The lowest BCUT2D eigenvalue weighted by Crippen LogP contribution is -2.44. The van der Waals surface area contributed by atoms with Crippen molar-refractivity contribution in [3.8, 4) is 0 Å². The molecule has 0 aromatic heterocycles. The van der Waals surface area contributed by atoms with Gasteiger partial charge in [-0.2, -0.15) is 12.7 Å². The van der Waals surface area contributed by atoms with Crippen LogP contribution in [0.3, 0.4) is 0 Å². The largest absolute Gasteiger partial charge is 0.480 e. The Morgan fingerprint density at radius 3 is 2.20 bits per heavy atom. The summed E-state index contributed by atoms with van der Waals surface area (Å²) in [4.78, 5) is 10.4. The lowest BCUT2D eigenvalue weighted by atomic mass is 10.2. The Hall–Kier alpha value is -0.700. The third-order valence-corrected chi connectivity index (χ3v) is 3.14. The van der Waals surface area contributed by atoms with Crippen LogP contribution in [0.5, 0.6) is 0 Å². The van der Waals surface area contributed by atoms with E-state index in [-0.39, 0.29) is 19.0 Å². The van der Waals surface area contributed by atoms with Crippen molar-refractivity contribution >= 4 is 16.2 Å². The zero-order valence-corrected chi connectivity index (χ0v) is 9.57. The van der Waals surface area contributed by atoms with E-state index in [9.17, 15) is 13.2 Å². The summed E-state index contributed by atoms with van der Waals surface area (Å²) >= 11 is 0. The monoisotopic (exact) mass is 239 g/mol. The number of carbonyl (C=O) groups is 1. The second kappa shape index (κ2) is 5.40. The fourth-order valence-electron chi connectivity index (χ4n) is 1.07. The first kappa shape index (κ1) is 14.3. The van der Waals surface area contributed by atoms with E-state index in [4.69, 9.17) is 16.0 Å². The maximum Gasteiger partial charge on any atom is 0.320 e. The molecule has 0 aliphatic heterocycles. The summed E-state index contributed by atoms with van der Waals surface area (Å²) in [5.41, 5.74) is 5.25. The first-order valence-corrected chi connectivity index (χ1v) is 5.94. The van der Waals surface area contributed by atoms with Gasteiger partial charge in [0.2, 0.25) is 0 Å². The van der Waals surface area contributed by atoms with Gasteiger partial charge in [0.05, 0.1) is 0 Å². The van der Waals surface area contributed by atoms with Crippen LogP contribution in [0.2, 0.25) is 0 Å². The summed E-state index contributed by atoms with van der Waals surface area (Å²) in [6.07, 6.45) is 0.0317. The van der Waals surface area contributed by atoms with Gasteiger partial charge in [0, 0.05) is 12.6 Å². The summed E-state index contributed by atoms with van der Waals surface area (Å²) in [6.45, 7) is 3.30. The van der Waals surface area contributed by atoms with Crippen LogP contribution in [0.15, 0.2) is 0 Å². The Labute approximate surface area is 89.2 Å². The molecule has 0 spiro atoms. The zero-order valence-electron chi connectivity index (χ0n) is 8.75. The third-order valence-electron chi connectivity index (χ3n) is 1.88. The Bertz CT molecular complexity index is 314. The van der Waals surface area contributed by atoms with Crippen molar-refractivity contribution in [1.82, 2.24) is 4.31 Å². The molecule has 8 heteroatoms. The van der Waals surface area contributed by atoms with Gasteiger partial charge in [-0.25, -0.2) is 5.14 Å². The zero-order chi connectivity index (χ0) is 12.2. The SMILES string of the molecule is CC(C)N(CC[C@H](N)C(=O)O)S(N)(=O)=O. The van der Waals surface area contributed by atoms with Gasteiger partial charge in [-0.15, -0.1) is 0 Å². The number of aliphatic carboxylic acids is 1. The van der Waals surface area contributed by atoms with Crippen molar-refractivity contribution < 1.29 is 18.3 Å². The van der Waals surface area contributed by atoms with Crippen molar-refractivity contribution in [2.24, 2.45) is 10.9 Å². The van der Waals surface area contributed by atoms with Crippen molar-refractivity contribution in [3.05, 3.63) is 0 Å².